The molecule has 3 rings (SSSR count). The Hall–Kier alpha value is -1.32. The SMILES string of the molecule is Cc1ccc(C(O)c2ccc3c(c2)C(C)(C)CO3)c(Br)c1. The Morgan fingerprint density at radius 2 is 1.95 bits per heavy atom. The monoisotopic (exact) mass is 346 g/mol. The number of ether oxygens (including phenoxy) is 1. The van der Waals surface area contributed by atoms with E-state index in [1.165, 1.54) is 11.1 Å². The van der Waals surface area contributed by atoms with Crippen molar-refractivity contribution >= 4 is 15.9 Å². The molecule has 0 aromatic heterocycles. The van der Waals surface area contributed by atoms with E-state index >= 15 is 0 Å². The van der Waals surface area contributed by atoms with Crippen LogP contribution in [-0.4, -0.2) is 11.7 Å². The lowest BCUT2D eigenvalue weighted by atomic mass is 9.85. The fraction of sp³-hybridized carbons (Fsp3) is 0.333. The molecule has 2 aromatic carbocycles. The van der Waals surface area contributed by atoms with Crippen LogP contribution in [0.2, 0.25) is 0 Å². The van der Waals surface area contributed by atoms with Gasteiger partial charge in [0.2, 0.25) is 0 Å². The fourth-order valence-electron chi connectivity index (χ4n) is 2.74. The summed E-state index contributed by atoms with van der Waals surface area (Å²) in [6.45, 7) is 7.06. The van der Waals surface area contributed by atoms with Gasteiger partial charge in [-0.2, -0.15) is 0 Å². The summed E-state index contributed by atoms with van der Waals surface area (Å²) in [5.41, 5.74) is 4.12. The van der Waals surface area contributed by atoms with Gasteiger partial charge in [-0.05, 0) is 41.8 Å². The molecule has 2 nitrogen and oxygen atoms in total. The molecule has 0 saturated carbocycles. The third-order valence-corrected chi connectivity index (χ3v) is 4.77. The van der Waals surface area contributed by atoms with Gasteiger partial charge in [0.25, 0.3) is 0 Å². The van der Waals surface area contributed by atoms with E-state index < -0.39 is 6.10 Å². The highest BCUT2D eigenvalue weighted by Gasteiger charge is 2.32. The Balaban J connectivity index is 2.01. The molecular formula is C18H19BrO2. The van der Waals surface area contributed by atoms with E-state index in [4.69, 9.17) is 4.74 Å². The molecular weight excluding hydrogens is 328 g/mol. The van der Waals surface area contributed by atoms with Crippen LogP contribution in [-0.2, 0) is 5.41 Å². The van der Waals surface area contributed by atoms with E-state index in [0.717, 1.165) is 21.3 Å². The fourth-order valence-corrected chi connectivity index (χ4v) is 3.45. The summed E-state index contributed by atoms with van der Waals surface area (Å²) in [6.07, 6.45) is -0.637. The largest absolute Gasteiger partial charge is 0.492 e. The van der Waals surface area contributed by atoms with E-state index in [1.54, 1.807) is 0 Å². The first-order valence-corrected chi connectivity index (χ1v) is 7.89. The van der Waals surface area contributed by atoms with E-state index in [1.807, 2.05) is 37.3 Å². The van der Waals surface area contributed by atoms with Crippen LogP contribution >= 0.6 is 15.9 Å². The minimum absolute atomic E-state index is 0.00439. The van der Waals surface area contributed by atoms with Crippen LogP contribution in [0.15, 0.2) is 40.9 Å². The molecule has 3 heteroatoms. The number of fused-ring (bicyclic) bond motifs is 1. The molecule has 1 aliphatic heterocycles. The molecule has 0 radical (unpaired) electrons. The maximum Gasteiger partial charge on any atom is 0.123 e. The van der Waals surface area contributed by atoms with E-state index in [-0.39, 0.29) is 5.41 Å². The van der Waals surface area contributed by atoms with Crippen molar-refractivity contribution in [2.45, 2.75) is 32.3 Å². The quantitative estimate of drug-likeness (QED) is 0.866. The second kappa shape index (κ2) is 5.15. The molecule has 0 bridgehead atoms. The van der Waals surface area contributed by atoms with E-state index in [9.17, 15) is 5.11 Å². The first kappa shape index (κ1) is 14.6. The minimum atomic E-state index is -0.637. The van der Waals surface area contributed by atoms with Gasteiger partial charge in [-0.15, -0.1) is 0 Å². The number of aliphatic hydroxyl groups is 1. The maximum atomic E-state index is 10.7. The van der Waals surface area contributed by atoms with Gasteiger partial charge in [0, 0.05) is 15.5 Å². The van der Waals surface area contributed by atoms with Crippen molar-refractivity contribution in [2.75, 3.05) is 6.61 Å². The molecule has 0 fully saturated rings. The van der Waals surface area contributed by atoms with Crippen molar-refractivity contribution in [1.82, 2.24) is 0 Å². The van der Waals surface area contributed by atoms with Crippen molar-refractivity contribution in [3.8, 4) is 5.75 Å². The van der Waals surface area contributed by atoms with Gasteiger partial charge in [-0.25, -0.2) is 0 Å². The van der Waals surface area contributed by atoms with Gasteiger partial charge < -0.3 is 9.84 Å². The number of halogens is 1. The molecule has 2 aromatic rings. The Kier molecular flexibility index (Phi) is 3.58. The molecule has 0 spiro atoms. The normalized spacial score (nSPS) is 17.2. The van der Waals surface area contributed by atoms with Crippen molar-refractivity contribution < 1.29 is 9.84 Å². The van der Waals surface area contributed by atoms with Gasteiger partial charge in [0.1, 0.15) is 11.9 Å². The number of aryl methyl sites for hydroxylation is 1. The van der Waals surface area contributed by atoms with Crippen molar-refractivity contribution in [3.05, 3.63) is 63.1 Å². The average Bonchev–Trinajstić information content (AvgIpc) is 2.74. The number of benzene rings is 2. The predicted octanol–water partition coefficient (Wildman–Crippen LogP) is 4.51. The lowest BCUT2D eigenvalue weighted by Crippen LogP contribution is -2.18. The molecule has 21 heavy (non-hydrogen) atoms. The van der Waals surface area contributed by atoms with Crippen LogP contribution in [0.25, 0.3) is 0 Å². The molecule has 1 aliphatic rings. The molecule has 1 unspecified atom stereocenters. The second-order valence-electron chi connectivity index (χ2n) is 6.36. The van der Waals surface area contributed by atoms with Crippen LogP contribution in [0, 0.1) is 6.92 Å². The van der Waals surface area contributed by atoms with Crippen LogP contribution in [0.4, 0.5) is 0 Å². The summed E-state index contributed by atoms with van der Waals surface area (Å²) in [6, 6.07) is 12.0. The number of aliphatic hydroxyl groups excluding tert-OH is 1. The summed E-state index contributed by atoms with van der Waals surface area (Å²) in [5.74, 6) is 0.930. The number of hydrogen-bond donors (Lipinski definition) is 1. The number of rotatable bonds is 2. The standard InChI is InChI=1S/C18H19BrO2/c1-11-4-6-13(15(19)8-11)17(20)12-5-7-16-14(9-12)18(2,3)10-21-16/h4-9,17,20H,10H2,1-3H3. The van der Waals surface area contributed by atoms with Crippen molar-refractivity contribution in [3.63, 3.8) is 0 Å². The zero-order valence-corrected chi connectivity index (χ0v) is 14.1. The van der Waals surface area contributed by atoms with Crippen LogP contribution < -0.4 is 4.74 Å². The van der Waals surface area contributed by atoms with Crippen LogP contribution in [0.5, 0.6) is 5.75 Å². The molecule has 1 N–H and O–H groups in total. The van der Waals surface area contributed by atoms with Crippen LogP contribution in [0.1, 0.15) is 42.2 Å². The lowest BCUT2D eigenvalue weighted by Gasteiger charge is -2.18. The van der Waals surface area contributed by atoms with Crippen molar-refractivity contribution in [1.29, 1.82) is 0 Å². The summed E-state index contributed by atoms with van der Waals surface area (Å²) < 4.78 is 6.64. The van der Waals surface area contributed by atoms with Gasteiger partial charge >= 0.3 is 0 Å². The van der Waals surface area contributed by atoms with Gasteiger partial charge in [0.15, 0.2) is 0 Å². The first-order valence-electron chi connectivity index (χ1n) is 7.10. The Bertz CT molecular complexity index is 692. The Labute approximate surface area is 133 Å². The van der Waals surface area contributed by atoms with Crippen molar-refractivity contribution in [2.24, 2.45) is 0 Å². The highest BCUT2D eigenvalue weighted by molar-refractivity contribution is 9.10. The predicted molar refractivity (Wildman–Crippen MR) is 87.9 cm³/mol. The van der Waals surface area contributed by atoms with Gasteiger partial charge in [0.05, 0.1) is 6.61 Å². The highest BCUT2D eigenvalue weighted by Crippen LogP contribution is 2.40. The molecule has 110 valence electrons. The average molecular weight is 347 g/mol. The smallest absolute Gasteiger partial charge is 0.123 e. The molecule has 1 heterocycles. The van der Waals surface area contributed by atoms with Crippen LogP contribution in [0.3, 0.4) is 0 Å². The minimum Gasteiger partial charge on any atom is -0.492 e. The lowest BCUT2D eigenvalue weighted by molar-refractivity contribution is 0.219. The summed E-state index contributed by atoms with van der Waals surface area (Å²) in [5, 5.41) is 10.7. The maximum absolute atomic E-state index is 10.7. The van der Waals surface area contributed by atoms with Gasteiger partial charge in [-0.1, -0.05) is 48.0 Å². The zero-order valence-electron chi connectivity index (χ0n) is 12.5. The summed E-state index contributed by atoms with van der Waals surface area (Å²) in [7, 11) is 0. The molecule has 0 amide bonds. The molecule has 0 saturated heterocycles. The van der Waals surface area contributed by atoms with E-state index in [0.29, 0.717) is 6.61 Å². The Morgan fingerprint density at radius 1 is 1.19 bits per heavy atom. The second-order valence-corrected chi connectivity index (χ2v) is 7.21. The highest BCUT2D eigenvalue weighted by atomic mass is 79.9. The zero-order chi connectivity index (χ0) is 15.2. The van der Waals surface area contributed by atoms with Gasteiger partial charge in [-0.3, -0.25) is 0 Å². The number of hydrogen-bond acceptors (Lipinski definition) is 2. The Morgan fingerprint density at radius 3 is 2.67 bits per heavy atom. The first-order chi connectivity index (χ1) is 9.88. The third kappa shape index (κ3) is 2.60. The molecule has 0 aliphatic carbocycles. The topological polar surface area (TPSA) is 29.5 Å². The summed E-state index contributed by atoms with van der Waals surface area (Å²) >= 11 is 3.55. The molecule has 1 atom stereocenters. The third-order valence-electron chi connectivity index (χ3n) is 4.09. The summed E-state index contributed by atoms with van der Waals surface area (Å²) in [4.78, 5) is 0. The van der Waals surface area contributed by atoms with E-state index in [2.05, 4.69) is 35.8 Å².